The Morgan fingerprint density at radius 2 is 2.08 bits per heavy atom. The molecule has 2 aromatic heterocycles. The van der Waals surface area contributed by atoms with Gasteiger partial charge in [0.25, 0.3) is 0 Å². The molecule has 0 radical (unpaired) electrons. The maximum absolute atomic E-state index is 12.8. The second-order valence-corrected chi connectivity index (χ2v) is 7.54. The van der Waals surface area contributed by atoms with Crippen LogP contribution in [0.25, 0.3) is 0 Å². The Morgan fingerprint density at radius 1 is 1.23 bits per heavy atom. The van der Waals surface area contributed by atoms with Crippen molar-refractivity contribution in [1.29, 1.82) is 0 Å². The van der Waals surface area contributed by atoms with Gasteiger partial charge in [-0.15, -0.1) is 11.3 Å². The van der Waals surface area contributed by atoms with Crippen molar-refractivity contribution in [2.75, 3.05) is 37.6 Å². The summed E-state index contributed by atoms with van der Waals surface area (Å²) in [5, 5.41) is 2.98. The lowest BCUT2D eigenvalue weighted by Crippen LogP contribution is -2.50. The first kappa shape index (κ1) is 17.0. The molecule has 0 spiro atoms. The lowest BCUT2D eigenvalue weighted by atomic mass is 10.1. The number of piperazine rings is 1. The highest BCUT2D eigenvalue weighted by molar-refractivity contribution is 7.13. The number of thiazole rings is 1. The average Bonchev–Trinajstić information content (AvgIpc) is 3.33. The summed E-state index contributed by atoms with van der Waals surface area (Å²) in [5.74, 6) is -0.0787. The number of anilines is 1. The monoisotopic (exact) mass is 371 g/mol. The lowest BCUT2D eigenvalue weighted by Gasteiger charge is -2.35. The molecule has 26 heavy (non-hydrogen) atoms. The predicted octanol–water partition coefficient (Wildman–Crippen LogP) is 1.24. The Morgan fingerprint density at radius 3 is 2.77 bits per heavy atom. The number of pyridine rings is 1. The Hall–Kier alpha value is -2.48. The molecule has 0 bridgehead atoms. The van der Waals surface area contributed by atoms with Crippen LogP contribution in [0.3, 0.4) is 0 Å². The van der Waals surface area contributed by atoms with E-state index in [9.17, 15) is 9.59 Å². The molecule has 0 aliphatic carbocycles. The molecule has 0 unspecified atom stereocenters. The molecule has 1 atom stereocenters. The second-order valence-electron chi connectivity index (χ2n) is 6.66. The normalized spacial score (nSPS) is 20.7. The SMILES string of the molecule is O=C1C[C@H](C(=O)N2CCN(c3nccs3)CC2)CN1Cc1cccnc1. The van der Waals surface area contributed by atoms with E-state index in [-0.39, 0.29) is 17.7 Å². The molecule has 0 aromatic carbocycles. The van der Waals surface area contributed by atoms with E-state index in [1.54, 1.807) is 34.8 Å². The van der Waals surface area contributed by atoms with Crippen LogP contribution in [0, 0.1) is 5.92 Å². The quantitative estimate of drug-likeness (QED) is 0.809. The zero-order valence-electron chi connectivity index (χ0n) is 14.5. The van der Waals surface area contributed by atoms with E-state index in [1.165, 1.54) is 0 Å². The van der Waals surface area contributed by atoms with Crippen molar-refractivity contribution in [2.24, 2.45) is 5.92 Å². The number of nitrogens with zero attached hydrogens (tertiary/aromatic N) is 5. The summed E-state index contributed by atoms with van der Waals surface area (Å²) in [4.78, 5) is 39.4. The molecule has 0 N–H and O–H groups in total. The van der Waals surface area contributed by atoms with Crippen molar-refractivity contribution in [3.63, 3.8) is 0 Å². The average molecular weight is 371 g/mol. The molecule has 2 aliphatic heterocycles. The second kappa shape index (κ2) is 7.41. The molecule has 0 saturated carbocycles. The van der Waals surface area contributed by atoms with Crippen LogP contribution in [0.5, 0.6) is 0 Å². The van der Waals surface area contributed by atoms with E-state index in [1.807, 2.05) is 22.4 Å². The molecular weight excluding hydrogens is 350 g/mol. The van der Waals surface area contributed by atoms with Crippen molar-refractivity contribution in [3.05, 3.63) is 41.7 Å². The first-order chi connectivity index (χ1) is 12.7. The highest BCUT2D eigenvalue weighted by Crippen LogP contribution is 2.24. The summed E-state index contributed by atoms with van der Waals surface area (Å²) < 4.78 is 0. The van der Waals surface area contributed by atoms with E-state index in [2.05, 4.69) is 14.9 Å². The van der Waals surface area contributed by atoms with Gasteiger partial charge in [0.2, 0.25) is 11.8 Å². The van der Waals surface area contributed by atoms with Crippen molar-refractivity contribution >= 4 is 28.3 Å². The maximum atomic E-state index is 12.8. The predicted molar refractivity (Wildman–Crippen MR) is 98.7 cm³/mol. The Kier molecular flexibility index (Phi) is 4.83. The van der Waals surface area contributed by atoms with Crippen molar-refractivity contribution in [1.82, 2.24) is 19.8 Å². The van der Waals surface area contributed by atoms with E-state index < -0.39 is 0 Å². The lowest BCUT2D eigenvalue weighted by molar-refractivity contribution is -0.136. The van der Waals surface area contributed by atoms with Crippen molar-refractivity contribution in [2.45, 2.75) is 13.0 Å². The van der Waals surface area contributed by atoms with Crippen LogP contribution >= 0.6 is 11.3 Å². The summed E-state index contributed by atoms with van der Waals surface area (Å²) in [5.41, 5.74) is 0.992. The summed E-state index contributed by atoms with van der Waals surface area (Å²) in [6.07, 6.45) is 5.59. The summed E-state index contributed by atoms with van der Waals surface area (Å²) in [7, 11) is 0. The number of hydrogen-bond acceptors (Lipinski definition) is 6. The first-order valence-corrected chi connectivity index (χ1v) is 9.68. The van der Waals surface area contributed by atoms with Gasteiger partial charge in [-0.3, -0.25) is 14.6 Å². The topological polar surface area (TPSA) is 69.6 Å². The van der Waals surface area contributed by atoms with Gasteiger partial charge in [0.15, 0.2) is 5.13 Å². The number of carbonyl (C=O) groups is 2. The molecule has 4 rings (SSSR count). The highest BCUT2D eigenvalue weighted by atomic mass is 32.1. The minimum Gasteiger partial charge on any atom is -0.345 e. The Balaban J connectivity index is 1.32. The van der Waals surface area contributed by atoms with Crippen LogP contribution in [0.1, 0.15) is 12.0 Å². The van der Waals surface area contributed by atoms with Crippen molar-refractivity contribution in [3.8, 4) is 0 Å². The summed E-state index contributed by atoms with van der Waals surface area (Å²) >= 11 is 1.62. The van der Waals surface area contributed by atoms with Gasteiger partial charge in [0.1, 0.15) is 0 Å². The third-order valence-corrected chi connectivity index (χ3v) is 5.77. The largest absolute Gasteiger partial charge is 0.345 e. The van der Waals surface area contributed by atoms with Gasteiger partial charge in [-0.1, -0.05) is 6.07 Å². The fourth-order valence-corrected chi connectivity index (χ4v) is 4.25. The van der Waals surface area contributed by atoms with Crippen LogP contribution in [0.4, 0.5) is 5.13 Å². The van der Waals surface area contributed by atoms with Crippen molar-refractivity contribution < 1.29 is 9.59 Å². The van der Waals surface area contributed by atoms with Gasteiger partial charge in [0.05, 0.1) is 5.92 Å². The standard InChI is InChI=1S/C18H21N5O2S/c24-16-10-15(13-23(16)12-14-2-1-3-19-11-14)17(25)21-5-7-22(8-6-21)18-20-4-9-26-18/h1-4,9,11,15H,5-8,10,12-13H2/t15-/m0/s1. The van der Waals surface area contributed by atoms with Crippen LogP contribution in [0.2, 0.25) is 0 Å². The summed E-state index contributed by atoms with van der Waals surface area (Å²) in [6, 6.07) is 3.81. The van der Waals surface area contributed by atoms with Crippen LogP contribution in [-0.4, -0.2) is 64.3 Å². The maximum Gasteiger partial charge on any atom is 0.228 e. The molecule has 2 aliphatic rings. The van der Waals surface area contributed by atoms with E-state index in [0.29, 0.717) is 32.6 Å². The van der Waals surface area contributed by atoms with Gasteiger partial charge in [-0.2, -0.15) is 0 Å². The first-order valence-electron chi connectivity index (χ1n) is 8.80. The van der Waals surface area contributed by atoms with Crippen LogP contribution < -0.4 is 4.90 Å². The zero-order valence-corrected chi connectivity index (χ0v) is 15.3. The number of likely N-dealkylation sites (tertiary alicyclic amines) is 1. The van der Waals surface area contributed by atoms with Gasteiger partial charge in [-0.25, -0.2) is 4.98 Å². The third-order valence-electron chi connectivity index (χ3n) is 4.94. The minimum atomic E-state index is -0.231. The van der Waals surface area contributed by atoms with Gasteiger partial charge >= 0.3 is 0 Å². The molecule has 8 heteroatoms. The van der Waals surface area contributed by atoms with Gasteiger partial charge < -0.3 is 14.7 Å². The molecule has 136 valence electrons. The highest BCUT2D eigenvalue weighted by Gasteiger charge is 2.37. The molecule has 4 heterocycles. The number of hydrogen-bond donors (Lipinski definition) is 0. The van der Waals surface area contributed by atoms with E-state index in [0.717, 1.165) is 23.8 Å². The molecule has 2 aromatic rings. The van der Waals surface area contributed by atoms with Gasteiger partial charge in [-0.05, 0) is 11.6 Å². The molecule has 2 saturated heterocycles. The molecule has 7 nitrogen and oxygen atoms in total. The van der Waals surface area contributed by atoms with Crippen LogP contribution in [-0.2, 0) is 16.1 Å². The van der Waals surface area contributed by atoms with E-state index >= 15 is 0 Å². The smallest absolute Gasteiger partial charge is 0.228 e. The fraction of sp³-hybridized carbons (Fsp3) is 0.444. The summed E-state index contributed by atoms with van der Waals surface area (Å²) in [6.45, 7) is 3.98. The number of rotatable bonds is 4. The molecular formula is C18H21N5O2S. The number of aromatic nitrogens is 2. The zero-order chi connectivity index (χ0) is 17.9. The number of carbonyl (C=O) groups excluding carboxylic acids is 2. The Bertz CT molecular complexity index is 759. The fourth-order valence-electron chi connectivity index (χ4n) is 3.55. The number of amides is 2. The molecule has 2 fully saturated rings. The Labute approximate surface area is 156 Å². The molecule has 2 amide bonds. The van der Waals surface area contributed by atoms with Gasteiger partial charge in [0, 0.05) is 69.7 Å². The van der Waals surface area contributed by atoms with E-state index in [4.69, 9.17) is 0 Å². The third kappa shape index (κ3) is 3.55. The van der Waals surface area contributed by atoms with Crippen LogP contribution in [0.15, 0.2) is 36.1 Å². The minimum absolute atomic E-state index is 0.0497.